The lowest BCUT2D eigenvalue weighted by atomic mass is 10.0. The van der Waals surface area contributed by atoms with Crippen molar-refractivity contribution in [2.45, 2.75) is 23.1 Å². The van der Waals surface area contributed by atoms with Crippen molar-refractivity contribution in [3.8, 4) is 0 Å². The lowest BCUT2D eigenvalue weighted by Gasteiger charge is -2.35. The van der Waals surface area contributed by atoms with Crippen LogP contribution in [0.4, 0.5) is 10.1 Å². The van der Waals surface area contributed by atoms with E-state index in [1.54, 1.807) is 31.2 Å². The van der Waals surface area contributed by atoms with Crippen LogP contribution in [0.25, 0.3) is 0 Å². The van der Waals surface area contributed by atoms with Crippen molar-refractivity contribution in [2.75, 3.05) is 32.8 Å². The predicted molar refractivity (Wildman–Crippen MR) is 113 cm³/mol. The van der Waals surface area contributed by atoms with Crippen LogP contribution in [0.15, 0.2) is 53.4 Å². The molecule has 7 nitrogen and oxygen atoms in total. The molecule has 1 saturated heterocycles. The van der Waals surface area contributed by atoms with E-state index in [0.717, 1.165) is 23.5 Å². The quantitative estimate of drug-likeness (QED) is 0.390. The molecular formula is C21H24FN3O4S. The van der Waals surface area contributed by atoms with E-state index in [0.29, 0.717) is 19.8 Å². The number of morpholine rings is 1. The largest absolute Gasteiger partial charge is 0.379 e. The minimum atomic E-state index is -0.453. The third-order valence-electron chi connectivity index (χ3n) is 4.94. The molecule has 0 saturated carbocycles. The zero-order chi connectivity index (χ0) is 21.5. The third-order valence-corrected chi connectivity index (χ3v) is 6.05. The number of ether oxygens (including phenoxy) is 1. The summed E-state index contributed by atoms with van der Waals surface area (Å²) in [6.07, 6.45) is 0. The Morgan fingerprint density at radius 1 is 1.20 bits per heavy atom. The van der Waals surface area contributed by atoms with E-state index in [2.05, 4.69) is 10.2 Å². The molecule has 1 aliphatic heterocycles. The number of hydrogen-bond donors (Lipinski definition) is 1. The fraction of sp³-hybridized carbons (Fsp3) is 0.381. The first-order chi connectivity index (χ1) is 14.4. The summed E-state index contributed by atoms with van der Waals surface area (Å²) in [5.74, 6) is -0.421. The fourth-order valence-electron chi connectivity index (χ4n) is 3.28. The zero-order valence-corrected chi connectivity index (χ0v) is 17.4. The van der Waals surface area contributed by atoms with E-state index in [4.69, 9.17) is 4.74 Å². The maximum absolute atomic E-state index is 13.3. The predicted octanol–water partition coefficient (Wildman–Crippen LogP) is 3.40. The Labute approximate surface area is 178 Å². The molecule has 0 aliphatic carbocycles. The number of nitro benzene ring substituents is 1. The van der Waals surface area contributed by atoms with Gasteiger partial charge in [-0.15, -0.1) is 11.8 Å². The lowest BCUT2D eigenvalue weighted by Crippen LogP contribution is -2.44. The van der Waals surface area contributed by atoms with E-state index in [1.165, 1.54) is 36.0 Å². The Bertz CT molecular complexity index is 858. The van der Waals surface area contributed by atoms with Crippen LogP contribution >= 0.6 is 11.8 Å². The van der Waals surface area contributed by atoms with Crippen LogP contribution in [0, 0.1) is 15.9 Å². The summed E-state index contributed by atoms with van der Waals surface area (Å²) in [4.78, 5) is 26.0. The number of hydrogen-bond acceptors (Lipinski definition) is 6. The van der Waals surface area contributed by atoms with Gasteiger partial charge in [0, 0.05) is 36.7 Å². The van der Waals surface area contributed by atoms with Gasteiger partial charge in [-0.05, 0) is 36.8 Å². The van der Waals surface area contributed by atoms with Crippen molar-refractivity contribution in [1.82, 2.24) is 10.2 Å². The number of non-ortho nitro benzene ring substituents is 1. The van der Waals surface area contributed by atoms with Crippen molar-refractivity contribution >= 4 is 23.4 Å². The van der Waals surface area contributed by atoms with Crippen molar-refractivity contribution in [2.24, 2.45) is 0 Å². The average Bonchev–Trinajstić information content (AvgIpc) is 2.76. The summed E-state index contributed by atoms with van der Waals surface area (Å²) in [5, 5.41) is 13.4. The summed E-state index contributed by atoms with van der Waals surface area (Å²) in [7, 11) is 0. The number of nitrogens with zero attached hydrogens (tertiary/aromatic N) is 2. The van der Waals surface area contributed by atoms with E-state index >= 15 is 0 Å². The molecule has 1 N–H and O–H groups in total. The average molecular weight is 434 g/mol. The Morgan fingerprint density at radius 3 is 2.43 bits per heavy atom. The molecule has 2 aromatic rings. The summed E-state index contributed by atoms with van der Waals surface area (Å²) >= 11 is 1.34. The van der Waals surface area contributed by atoms with E-state index in [1.807, 2.05) is 0 Å². The summed E-state index contributed by atoms with van der Waals surface area (Å²) in [6, 6.07) is 12.4. The van der Waals surface area contributed by atoms with Gasteiger partial charge in [0.05, 0.1) is 29.4 Å². The number of halogens is 1. The van der Waals surface area contributed by atoms with Crippen LogP contribution in [0.2, 0.25) is 0 Å². The fourth-order valence-corrected chi connectivity index (χ4v) is 4.17. The second-order valence-corrected chi connectivity index (χ2v) is 8.39. The normalized spacial score (nSPS) is 16.6. The summed E-state index contributed by atoms with van der Waals surface area (Å²) in [6.45, 7) is 4.92. The van der Waals surface area contributed by atoms with Gasteiger partial charge in [0.15, 0.2) is 0 Å². The highest BCUT2D eigenvalue weighted by atomic mass is 32.2. The molecule has 0 radical (unpaired) electrons. The Balaban J connectivity index is 1.61. The Hall–Kier alpha value is -2.49. The molecule has 0 spiro atoms. The maximum Gasteiger partial charge on any atom is 0.269 e. The standard InChI is InChI=1S/C21H24FN3O4S/c1-15(30-19-8-6-18(7-9-19)25(27)28)21(26)23-14-20(24-10-12-29-13-11-24)16-2-4-17(22)5-3-16/h2-9,15,20H,10-14H2,1H3,(H,23,26). The number of amides is 1. The van der Waals surface area contributed by atoms with E-state index in [9.17, 15) is 19.3 Å². The number of rotatable bonds is 8. The molecule has 160 valence electrons. The molecular weight excluding hydrogens is 409 g/mol. The lowest BCUT2D eigenvalue weighted by molar-refractivity contribution is -0.384. The molecule has 9 heteroatoms. The highest BCUT2D eigenvalue weighted by molar-refractivity contribution is 8.00. The van der Waals surface area contributed by atoms with Gasteiger partial charge < -0.3 is 10.1 Å². The van der Waals surface area contributed by atoms with Crippen molar-refractivity contribution in [3.05, 3.63) is 70.0 Å². The second-order valence-electron chi connectivity index (χ2n) is 6.97. The molecule has 0 aromatic heterocycles. The van der Waals surface area contributed by atoms with Crippen LogP contribution in [0.3, 0.4) is 0 Å². The van der Waals surface area contributed by atoms with Gasteiger partial charge in [0.2, 0.25) is 5.91 Å². The molecule has 1 fully saturated rings. The van der Waals surface area contributed by atoms with Crippen LogP contribution in [-0.2, 0) is 9.53 Å². The van der Waals surface area contributed by atoms with Gasteiger partial charge in [-0.25, -0.2) is 4.39 Å². The summed E-state index contributed by atoms with van der Waals surface area (Å²) < 4.78 is 18.8. The highest BCUT2D eigenvalue weighted by Crippen LogP contribution is 2.26. The van der Waals surface area contributed by atoms with Gasteiger partial charge in [0.1, 0.15) is 5.82 Å². The molecule has 2 unspecified atom stereocenters. The molecule has 1 heterocycles. The van der Waals surface area contributed by atoms with Gasteiger partial charge in [-0.2, -0.15) is 0 Å². The summed E-state index contributed by atoms with van der Waals surface area (Å²) in [5.41, 5.74) is 0.957. The first-order valence-corrected chi connectivity index (χ1v) is 10.6. The number of carbonyl (C=O) groups excluding carboxylic acids is 1. The van der Waals surface area contributed by atoms with Gasteiger partial charge in [-0.1, -0.05) is 12.1 Å². The smallest absolute Gasteiger partial charge is 0.269 e. The molecule has 3 rings (SSSR count). The minimum absolute atomic E-state index is 0.0177. The number of benzene rings is 2. The SMILES string of the molecule is CC(Sc1ccc([N+](=O)[O-])cc1)C(=O)NCC(c1ccc(F)cc1)N1CCOCC1. The monoisotopic (exact) mass is 433 g/mol. The number of nitrogens with one attached hydrogen (secondary N) is 1. The molecule has 0 bridgehead atoms. The first kappa shape index (κ1) is 22.2. The molecule has 1 amide bonds. The Kier molecular flexibility index (Phi) is 7.78. The van der Waals surface area contributed by atoms with E-state index in [-0.39, 0.29) is 28.7 Å². The van der Waals surface area contributed by atoms with Gasteiger partial charge in [-0.3, -0.25) is 19.8 Å². The number of nitro groups is 1. The maximum atomic E-state index is 13.3. The number of carbonyl (C=O) groups is 1. The van der Waals surface area contributed by atoms with Gasteiger partial charge >= 0.3 is 0 Å². The van der Waals surface area contributed by atoms with Crippen LogP contribution in [-0.4, -0.2) is 53.8 Å². The van der Waals surface area contributed by atoms with Crippen LogP contribution in [0.1, 0.15) is 18.5 Å². The molecule has 1 aliphatic rings. The van der Waals surface area contributed by atoms with Crippen molar-refractivity contribution in [3.63, 3.8) is 0 Å². The second kappa shape index (κ2) is 10.5. The molecule has 2 atom stereocenters. The third kappa shape index (κ3) is 6.01. The highest BCUT2D eigenvalue weighted by Gasteiger charge is 2.24. The van der Waals surface area contributed by atoms with Crippen molar-refractivity contribution in [1.29, 1.82) is 0 Å². The molecule has 2 aromatic carbocycles. The molecule has 30 heavy (non-hydrogen) atoms. The first-order valence-electron chi connectivity index (χ1n) is 9.70. The van der Waals surface area contributed by atoms with Crippen LogP contribution in [0.5, 0.6) is 0 Å². The Morgan fingerprint density at radius 2 is 1.83 bits per heavy atom. The minimum Gasteiger partial charge on any atom is -0.379 e. The number of thioether (sulfide) groups is 1. The van der Waals surface area contributed by atoms with E-state index < -0.39 is 4.92 Å². The zero-order valence-electron chi connectivity index (χ0n) is 16.6. The topological polar surface area (TPSA) is 84.7 Å². The van der Waals surface area contributed by atoms with Crippen molar-refractivity contribution < 1.29 is 18.8 Å². The van der Waals surface area contributed by atoms with Crippen LogP contribution < -0.4 is 5.32 Å². The van der Waals surface area contributed by atoms with Gasteiger partial charge in [0.25, 0.3) is 5.69 Å².